The summed E-state index contributed by atoms with van der Waals surface area (Å²) in [5.41, 5.74) is 5.36. The van der Waals surface area contributed by atoms with Gasteiger partial charge in [0.2, 0.25) is 0 Å². The van der Waals surface area contributed by atoms with Gasteiger partial charge >= 0.3 is 6.18 Å². The Hall–Kier alpha value is -2.35. The van der Waals surface area contributed by atoms with Gasteiger partial charge in [-0.3, -0.25) is 4.84 Å². The van der Waals surface area contributed by atoms with Gasteiger partial charge < -0.3 is 10.1 Å². The molecule has 1 fully saturated rings. The van der Waals surface area contributed by atoms with Gasteiger partial charge in [-0.25, -0.2) is 0 Å². The quantitative estimate of drug-likeness (QED) is 0.655. The van der Waals surface area contributed by atoms with Crippen LogP contribution in [-0.4, -0.2) is 22.1 Å². The number of fused-ring (bicyclic) bond motifs is 1. The molecule has 2 unspecified atom stereocenters. The van der Waals surface area contributed by atoms with E-state index in [1.165, 1.54) is 0 Å². The molecule has 0 bridgehead atoms. The molecule has 25 heavy (non-hydrogen) atoms. The van der Waals surface area contributed by atoms with E-state index in [-0.39, 0.29) is 0 Å². The zero-order valence-electron chi connectivity index (χ0n) is 13.0. The molecule has 4 rings (SSSR count). The van der Waals surface area contributed by atoms with Crippen LogP contribution < -0.4 is 5.48 Å². The minimum atomic E-state index is -4.88. The first-order valence-electron chi connectivity index (χ1n) is 7.78. The Bertz CT molecular complexity index is 908. The molecule has 0 spiro atoms. The summed E-state index contributed by atoms with van der Waals surface area (Å²) < 4.78 is 39.2. The number of aromatic nitrogens is 1. The predicted octanol–water partition coefficient (Wildman–Crippen LogP) is 4.05. The summed E-state index contributed by atoms with van der Waals surface area (Å²) in [6.45, 7) is 0. The summed E-state index contributed by atoms with van der Waals surface area (Å²) in [5, 5.41) is 10.6. The molecule has 0 saturated carbocycles. The van der Waals surface area contributed by atoms with Crippen molar-refractivity contribution in [3.8, 4) is 11.3 Å². The fraction of sp³-hybridized carbons (Fsp3) is 0.222. The van der Waals surface area contributed by atoms with Crippen molar-refractivity contribution in [3.63, 3.8) is 0 Å². The van der Waals surface area contributed by atoms with Gasteiger partial charge in [0.15, 0.2) is 0 Å². The van der Waals surface area contributed by atoms with Gasteiger partial charge in [-0.1, -0.05) is 48.5 Å². The number of nitrogens with one attached hydrogen (secondary N) is 2. The van der Waals surface area contributed by atoms with E-state index in [1.54, 1.807) is 0 Å². The van der Waals surface area contributed by atoms with Crippen LogP contribution in [0.1, 0.15) is 18.0 Å². The molecular formula is C18H15F3N2O2. The van der Waals surface area contributed by atoms with Crippen LogP contribution in [0, 0.1) is 0 Å². The molecule has 7 heteroatoms. The number of aromatic amines is 1. The first-order valence-corrected chi connectivity index (χ1v) is 7.78. The number of hydrogen-bond donors (Lipinski definition) is 3. The fourth-order valence-electron chi connectivity index (χ4n) is 3.22. The summed E-state index contributed by atoms with van der Waals surface area (Å²) in [4.78, 5) is 7.81. The standard InChI is InChI=1S/C18H15F3N2O2/c19-18(20,21)17(24)10-14(23-25-17)15-12-8-4-5-9-13(12)22-16(15)11-6-2-1-3-7-11/h1-9,14,22-24H,10H2. The first-order chi connectivity index (χ1) is 11.9. The summed E-state index contributed by atoms with van der Waals surface area (Å²) in [6, 6.07) is 15.9. The molecule has 4 nitrogen and oxygen atoms in total. The lowest BCUT2D eigenvalue weighted by atomic mass is 9.95. The van der Waals surface area contributed by atoms with Crippen LogP contribution in [0.25, 0.3) is 22.2 Å². The molecule has 3 aromatic rings. The van der Waals surface area contributed by atoms with Gasteiger partial charge in [0.05, 0.1) is 11.7 Å². The number of aliphatic hydroxyl groups is 1. The minimum Gasteiger partial charge on any atom is -0.357 e. The van der Waals surface area contributed by atoms with Crippen molar-refractivity contribution in [3.05, 3.63) is 60.2 Å². The molecule has 2 atom stereocenters. The summed E-state index contributed by atoms with van der Waals surface area (Å²) in [6.07, 6.45) is -5.51. The molecule has 130 valence electrons. The molecule has 0 amide bonds. The average Bonchev–Trinajstić information content (AvgIpc) is 3.16. The second kappa shape index (κ2) is 5.59. The first kappa shape index (κ1) is 16.1. The molecule has 1 aromatic heterocycles. The Labute approximate surface area is 141 Å². The van der Waals surface area contributed by atoms with Crippen molar-refractivity contribution >= 4 is 10.9 Å². The highest BCUT2D eigenvalue weighted by molar-refractivity contribution is 5.91. The predicted molar refractivity (Wildman–Crippen MR) is 86.3 cm³/mol. The number of hydroxylamine groups is 1. The minimum absolute atomic E-state index is 0.627. The van der Waals surface area contributed by atoms with E-state index >= 15 is 0 Å². The highest BCUT2D eigenvalue weighted by atomic mass is 19.4. The van der Waals surface area contributed by atoms with Crippen molar-refractivity contribution < 1.29 is 23.1 Å². The normalized spacial score (nSPS) is 24.1. The van der Waals surface area contributed by atoms with Crippen molar-refractivity contribution in [2.24, 2.45) is 0 Å². The van der Waals surface area contributed by atoms with Crippen molar-refractivity contribution in [1.82, 2.24) is 10.5 Å². The highest BCUT2D eigenvalue weighted by Gasteiger charge is 2.60. The van der Waals surface area contributed by atoms with E-state index in [4.69, 9.17) is 0 Å². The summed E-state index contributed by atoms with van der Waals surface area (Å²) >= 11 is 0. The maximum atomic E-state index is 13.1. The van der Waals surface area contributed by atoms with Crippen molar-refractivity contribution in [1.29, 1.82) is 0 Å². The number of benzene rings is 2. The van der Waals surface area contributed by atoms with Crippen LogP contribution >= 0.6 is 0 Å². The molecular weight excluding hydrogens is 333 g/mol. The van der Waals surface area contributed by atoms with E-state index < -0.39 is 24.4 Å². The van der Waals surface area contributed by atoms with E-state index in [0.717, 1.165) is 16.5 Å². The van der Waals surface area contributed by atoms with Gasteiger partial charge in [-0.2, -0.15) is 18.7 Å². The molecule has 0 aliphatic carbocycles. The van der Waals surface area contributed by atoms with Crippen LogP contribution in [0.4, 0.5) is 13.2 Å². The van der Waals surface area contributed by atoms with Gasteiger partial charge in [0.1, 0.15) is 0 Å². The highest BCUT2D eigenvalue weighted by Crippen LogP contribution is 2.45. The smallest absolute Gasteiger partial charge is 0.357 e. The van der Waals surface area contributed by atoms with Crippen LogP contribution in [-0.2, 0) is 4.84 Å². The number of para-hydroxylation sites is 1. The Morgan fingerprint density at radius 2 is 1.72 bits per heavy atom. The average molecular weight is 348 g/mol. The maximum Gasteiger partial charge on any atom is 0.444 e. The van der Waals surface area contributed by atoms with Gasteiger partial charge in [-0.15, -0.1) is 0 Å². The Balaban J connectivity index is 1.85. The number of H-pyrrole nitrogens is 1. The van der Waals surface area contributed by atoms with Crippen molar-refractivity contribution in [2.75, 3.05) is 0 Å². The number of halogens is 3. The second-order valence-electron chi connectivity index (χ2n) is 6.08. The third-order valence-electron chi connectivity index (χ3n) is 4.45. The lowest BCUT2D eigenvalue weighted by Crippen LogP contribution is -2.45. The molecule has 1 aliphatic heterocycles. The molecule has 0 radical (unpaired) electrons. The maximum absolute atomic E-state index is 13.1. The topological polar surface area (TPSA) is 57.3 Å². The monoisotopic (exact) mass is 348 g/mol. The zero-order chi connectivity index (χ0) is 17.7. The fourth-order valence-corrected chi connectivity index (χ4v) is 3.22. The Morgan fingerprint density at radius 3 is 2.40 bits per heavy atom. The van der Waals surface area contributed by atoms with Crippen LogP contribution in [0.15, 0.2) is 54.6 Å². The van der Waals surface area contributed by atoms with E-state index in [2.05, 4.69) is 15.3 Å². The third-order valence-corrected chi connectivity index (χ3v) is 4.45. The largest absolute Gasteiger partial charge is 0.444 e. The summed E-state index contributed by atoms with van der Waals surface area (Å²) in [7, 11) is 0. The van der Waals surface area contributed by atoms with Gasteiger partial charge in [-0.05, 0) is 11.6 Å². The molecule has 1 saturated heterocycles. The van der Waals surface area contributed by atoms with E-state index in [0.29, 0.717) is 11.3 Å². The molecule has 2 heterocycles. The molecule has 2 aromatic carbocycles. The van der Waals surface area contributed by atoms with Gasteiger partial charge in [0.25, 0.3) is 5.79 Å². The Morgan fingerprint density at radius 1 is 1.04 bits per heavy atom. The van der Waals surface area contributed by atoms with E-state index in [1.807, 2.05) is 54.6 Å². The second-order valence-corrected chi connectivity index (χ2v) is 6.08. The third kappa shape index (κ3) is 2.60. The summed E-state index contributed by atoms with van der Waals surface area (Å²) in [5.74, 6) is -3.20. The Kier molecular flexibility index (Phi) is 3.61. The van der Waals surface area contributed by atoms with Gasteiger partial charge in [0, 0.05) is 22.9 Å². The molecule has 1 aliphatic rings. The number of rotatable bonds is 2. The van der Waals surface area contributed by atoms with Crippen LogP contribution in [0.3, 0.4) is 0 Å². The van der Waals surface area contributed by atoms with Crippen LogP contribution in [0.2, 0.25) is 0 Å². The lowest BCUT2D eigenvalue weighted by Gasteiger charge is -2.22. The SMILES string of the molecule is OC1(C(F)(F)F)CC(c2c(-c3ccccc3)[nH]c3ccccc23)NO1. The number of alkyl halides is 3. The number of hydrogen-bond acceptors (Lipinski definition) is 3. The molecule has 3 N–H and O–H groups in total. The van der Waals surface area contributed by atoms with Crippen molar-refractivity contribution in [2.45, 2.75) is 24.4 Å². The van der Waals surface area contributed by atoms with Crippen LogP contribution in [0.5, 0.6) is 0 Å². The lowest BCUT2D eigenvalue weighted by molar-refractivity contribution is -0.361. The van der Waals surface area contributed by atoms with E-state index in [9.17, 15) is 18.3 Å². The zero-order valence-corrected chi connectivity index (χ0v) is 13.0.